The second kappa shape index (κ2) is 7.67. The second-order valence-electron chi connectivity index (χ2n) is 4.54. The zero-order valence-corrected chi connectivity index (χ0v) is 12.3. The van der Waals surface area contributed by atoms with Gasteiger partial charge in [-0.05, 0) is 35.4 Å². The SMILES string of the molecule is NCc1cccc(OCC(=O)NCc2ccc(Cl)cc2)c1. The van der Waals surface area contributed by atoms with Crippen LogP contribution < -0.4 is 15.8 Å². The summed E-state index contributed by atoms with van der Waals surface area (Å²) < 4.78 is 5.43. The molecule has 2 rings (SSSR count). The Morgan fingerprint density at radius 3 is 2.62 bits per heavy atom. The summed E-state index contributed by atoms with van der Waals surface area (Å²) in [6.45, 7) is 0.865. The van der Waals surface area contributed by atoms with Gasteiger partial charge in [0.2, 0.25) is 0 Å². The number of amides is 1. The van der Waals surface area contributed by atoms with Crippen molar-refractivity contribution < 1.29 is 9.53 Å². The average Bonchev–Trinajstić information content (AvgIpc) is 2.52. The first-order valence-corrected chi connectivity index (χ1v) is 6.98. The Labute approximate surface area is 128 Å². The average molecular weight is 305 g/mol. The van der Waals surface area contributed by atoms with Crippen LogP contribution in [-0.2, 0) is 17.9 Å². The van der Waals surface area contributed by atoms with Crippen LogP contribution in [0.2, 0.25) is 5.02 Å². The normalized spacial score (nSPS) is 10.2. The standard InChI is InChI=1S/C16H17ClN2O2/c17-14-6-4-12(5-7-14)10-19-16(20)11-21-15-3-1-2-13(8-15)9-18/h1-8H,9-11,18H2,(H,19,20). The highest BCUT2D eigenvalue weighted by Crippen LogP contribution is 2.12. The molecule has 0 atom stereocenters. The summed E-state index contributed by atoms with van der Waals surface area (Å²) >= 11 is 5.80. The predicted molar refractivity (Wildman–Crippen MR) is 83.1 cm³/mol. The number of carbonyl (C=O) groups is 1. The van der Waals surface area contributed by atoms with Crippen LogP contribution in [0.5, 0.6) is 5.75 Å². The number of nitrogens with two attached hydrogens (primary N) is 1. The van der Waals surface area contributed by atoms with E-state index in [0.29, 0.717) is 23.9 Å². The highest BCUT2D eigenvalue weighted by atomic mass is 35.5. The summed E-state index contributed by atoms with van der Waals surface area (Å²) in [5.41, 5.74) is 7.50. The summed E-state index contributed by atoms with van der Waals surface area (Å²) in [7, 11) is 0. The van der Waals surface area contributed by atoms with Gasteiger partial charge in [-0.1, -0.05) is 35.9 Å². The van der Waals surface area contributed by atoms with Gasteiger partial charge in [0.15, 0.2) is 6.61 Å². The van der Waals surface area contributed by atoms with Gasteiger partial charge >= 0.3 is 0 Å². The van der Waals surface area contributed by atoms with Gasteiger partial charge in [0.05, 0.1) is 0 Å². The lowest BCUT2D eigenvalue weighted by Gasteiger charge is -2.08. The van der Waals surface area contributed by atoms with Crippen molar-refractivity contribution in [3.8, 4) is 5.75 Å². The molecule has 110 valence electrons. The molecular weight excluding hydrogens is 288 g/mol. The molecule has 2 aromatic rings. The quantitative estimate of drug-likeness (QED) is 0.862. The Balaban J connectivity index is 1.78. The van der Waals surface area contributed by atoms with Crippen molar-refractivity contribution in [3.63, 3.8) is 0 Å². The van der Waals surface area contributed by atoms with E-state index in [9.17, 15) is 4.79 Å². The molecular formula is C16H17ClN2O2. The maximum Gasteiger partial charge on any atom is 0.258 e. The summed E-state index contributed by atoms with van der Waals surface area (Å²) in [4.78, 5) is 11.7. The van der Waals surface area contributed by atoms with Crippen LogP contribution in [0.1, 0.15) is 11.1 Å². The van der Waals surface area contributed by atoms with E-state index in [-0.39, 0.29) is 12.5 Å². The van der Waals surface area contributed by atoms with E-state index >= 15 is 0 Å². The Bertz CT molecular complexity index is 599. The van der Waals surface area contributed by atoms with E-state index in [1.165, 1.54) is 0 Å². The van der Waals surface area contributed by atoms with E-state index < -0.39 is 0 Å². The zero-order chi connectivity index (χ0) is 15.1. The van der Waals surface area contributed by atoms with Crippen LogP contribution in [0.3, 0.4) is 0 Å². The van der Waals surface area contributed by atoms with E-state index in [4.69, 9.17) is 22.1 Å². The monoisotopic (exact) mass is 304 g/mol. The van der Waals surface area contributed by atoms with E-state index in [1.807, 2.05) is 30.3 Å². The van der Waals surface area contributed by atoms with Crippen molar-refractivity contribution in [2.45, 2.75) is 13.1 Å². The lowest BCUT2D eigenvalue weighted by molar-refractivity contribution is -0.123. The summed E-state index contributed by atoms with van der Waals surface area (Å²) in [6.07, 6.45) is 0. The van der Waals surface area contributed by atoms with Gasteiger partial charge in [-0.15, -0.1) is 0 Å². The minimum Gasteiger partial charge on any atom is -0.484 e. The minimum absolute atomic E-state index is 0.0262. The second-order valence-corrected chi connectivity index (χ2v) is 4.98. The first-order valence-electron chi connectivity index (χ1n) is 6.60. The maximum absolute atomic E-state index is 11.7. The van der Waals surface area contributed by atoms with Gasteiger partial charge in [-0.2, -0.15) is 0 Å². The molecule has 0 aliphatic heterocycles. The molecule has 0 saturated heterocycles. The Morgan fingerprint density at radius 2 is 1.90 bits per heavy atom. The van der Waals surface area contributed by atoms with E-state index in [1.54, 1.807) is 18.2 Å². The number of carbonyl (C=O) groups excluding carboxylic acids is 1. The fraction of sp³-hybridized carbons (Fsp3) is 0.188. The Hall–Kier alpha value is -2.04. The summed E-state index contributed by atoms with van der Waals surface area (Å²) in [5, 5.41) is 3.46. The number of halogens is 1. The van der Waals surface area contributed by atoms with Crippen molar-refractivity contribution in [3.05, 3.63) is 64.7 Å². The number of ether oxygens (including phenoxy) is 1. The number of rotatable bonds is 6. The van der Waals surface area contributed by atoms with Gasteiger partial charge in [0, 0.05) is 18.1 Å². The van der Waals surface area contributed by atoms with E-state index in [0.717, 1.165) is 11.1 Å². The fourth-order valence-corrected chi connectivity index (χ4v) is 1.89. The van der Waals surface area contributed by atoms with Crippen LogP contribution in [0.25, 0.3) is 0 Å². The molecule has 0 aliphatic rings. The van der Waals surface area contributed by atoms with Crippen LogP contribution in [0.15, 0.2) is 48.5 Å². The highest BCUT2D eigenvalue weighted by molar-refractivity contribution is 6.30. The van der Waals surface area contributed by atoms with Crippen LogP contribution in [-0.4, -0.2) is 12.5 Å². The molecule has 1 amide bonds. The third kappa shape index (κ3) is 5.10. The van der Waals surface area contributed by atoms with Gasteiger partial charge in [0.1, 0.15) is 5.75 Å². The number of hydrogen-bond acceptors (Lipinski definition) is 3. The molecule has 3 N–H and O–H groups in total. The molecule has 0 aromatic heterocycles. The topological polar surface area (TPSA) is 64.3 Å². The molecule has 4 nitrogen and oxygen atoms in total. The molecule has 2 aromatic carbocycles. The van der Waals surface area contributed by atoms with Crippen molar-refractivity contribution in [2.75, 3.05) is 6.61 Å². The van der Waals surface area contributed by atoms with Gasteiger partial charge in [-0.25, -0.2) is 0 Å². The maximum atomic E-state index is 11.7. The van der Waals surface area contributed by atoms with Gasteiger partial charge < -0.3 is 15.8 Å². The van der Waals surface area contributed by atoms with Crippen LogP contribution >= 0.6 is 11.6 Å². The number of benzene rings is 2. The number of hydrogen-bond donors (Lipinski definition) is 2. The lowest BCUT2D eigenvalue weighted by Crippen LogP contribution is -2.28. The highest BCUT2D eigenvalue weighted by Gasteiger charge is 2.03. The van der Waals surface area contributed by atoms with Crippen molar-refractivity contribution in [2.24, 2.45) is 5.73 Å². The largest absolute Gasteiger partial charge is 0.484 e. The lowest BCUT2D eigenvalue weighted by atomic mass is 10.2. The minimum atomic E-state index is -0.178. The molecule has 0 heterocycles. The summed E-state index contributed by atoms with van der Waals surface area (Å²) in [6, 6.07) is 14.7. The molecule has 0 spiro atoms. The van der Waals surface area contributed by atoms with Crippen LogP contribution in [0, 0.1) is 0 Å². The smallest absolute Gasteiger partial charge is 0.258 e. The van der Waals surface area contributed by atoms with Crippen molar-refractivity contribution in [1.82, 2.24) is 5.32 Å². The molecule has 0 saturated carbocycles. The molecule has 0 fully saturated rings. The van der Waals surface area contributed by atoms with Gasteiger partial charge in [-0.3, -0.25) is 4.79 Å². The molecule has 0 bridgehead atoms. The molecule has 0 unspecified atom stereocenters. The molecule has 5 heteroatoms. The van der Waals surface area contributed by atoms with E-state index in [2.05, 4.69) is 5.32 Å². The molecule has 21 heavy (non-hydrogen) atoms. The third-order valence-corrected chi connectivity index (χ3v) is 3.16. The first-order chi connectivity index (χ1) is 10.2. The van der Waals surface area contributed by atoms with Crippen molar-refractivity contribution >= 4 is 17.5 Å². The molecule has 0 aliphatic carbocycles. The van der Waals surface area contributed by atoms with Gasteiger partial charge in [0.25, 0.3) is 5.91 Å². The molecule has 0 radical (unpaired) electrons. The first kappa shape index (κ1) is 15.4. The number of nitrogens with one attached hydrogen (secondary N) is 1. The third-order valence-electron chi connectivity index (χ3n) is 2.91. The zero-order valence-electron chi connectivity index (χ0n) is 11.5. The fourth-order valence-electron chi connectivity index (χ4n) is 1.77. The predicted octanol–water partition coefficient (Wildman–Crippen LogP) is 2.49. The Kier molecular flexibility index (Phi) is 5.60. The van der Waals surface area contributed by atoms with Crippen molar-refractivity contribution in [1.29, 1.82) is 0 Å². The Morgan fingerprint density at radius 1 is 1.14 bits per heavy atom. The van der Waals surface area contributed by atoms with Crippen LogP contribution in [0.4, 0.5) is 0 Å². The summed E-state index contributed by atoms with van der Waals surface area (Å²) in [5.74, 6) is 0.461.